The van der Waals surface area contributed by atoms with Crippen LogP contribution in [0, 0.1) is 11.8 Å². The van der Waals surface area contributed by atoms with Gasteiger partial charge in [0.2, 0.25) is 5.24 Å². The first kappa shape index (κ1) is 14.4. The molecule has 0 bridgehead atoms. The van der Waals surface area contributed by atoms with Crippen LogP contribution >= 0.6 is 11.6 Å². The van der Waals surface area contributed by atoms with Crippen molar-refractivity contribution in [3.05, 3.63) is 23.8 Å². The maximum absolute atomic E-state index is 10.6. The fraction of sp³-hybridized carbons (Fsp3) is 0.615. The van der Waals surface area contributed by atoms with Crippen LogP contribution in [-0.2, 0) is 4.79 Å². The Morgan fingerprint density at radius 3 is 2.33 bits per heavy atom. The third-order valence-corrected chi connectivity index (χ3v) is 2.34. The molecule has 0 radical (unpaired) electrons. The van der Waals surface area contributed by atoms with E-state index in [9.17, 15) is 4.79 Å². The molecule has 0 N–H and O–H groups in total. The molecule has 0 rings (SSSR count). The van der Waals surface area contributed by atoms with Crippen molar-refractivity contribution in [3.63, 3.8) is 0 Å². The van der Waals surface area contributed by atoms with E-state index in [4.69, 9.17) is 11.6 Å². The highest BCUT2D eigenvalue weighted by Gasteiger charge is 1.99. The summed E-state index contributed by atoms with van der Waals surface area (Å²) in [5, 5.41) is -0.410. The molecule has 0 aromatic carbocycles. The summed E-state index contributed by atoms with van der Waals surface area (Å²) in [5.41, 5.74) is 0.909. The lowest BCUT2D eigenvalue weighted by Crippen LogP contribution is -1.94. The van der Waals surface area contributed by atoms with E-state index >= 15 is 0 Å². The van der Waals surface area contributed by atoms with Gasteiger partial charge in [-0.25, -0.2) is 0 Å². The van der Waals surface area contributed by atoms with Gasteiger partial charge in [-0.3, -0.25) is 4.79 Å². The zero-order valence-electron chi connectivity index (χ0n) is 10.1. The second-order valence-electron chi connectivity index (χ2n) is 4.50. The van der Waals surface area contributed by atoms with Crippen LogP contribution in [0.3, 0.4) is 0 Å². The Labute approximate surface area is 98.2 Å². The van der Waals surface area contributed by atoms with Crippen LogP contribution in [0.1, 0.15) is 40.5 Å². The molecule has 0 fully saturated rings. The summed E-state index contributed by atoms with van der Waals surface area (Å²) in [5.74, 6) is 1.31. The minimum atomic E-state index is -0.410. The second kappa shape index (κ2) is 7.70. The zero-order valence-corrected chi connectivity index (χ0v) is 10.8. The number of hydrogen-bond donors (Lipinski definition) is 0. The first-order chi connectivity index (χ1) is 6.91. The number of carbonyl (C=O) groups is 1. The Morgan fingerprint density at radius 1 is 1.27 bits per heavy atom. The molecule has 1 unspecified atom stereocenters. The van der Waals surface area contributed by atoms with E-state index in [0.717, 1.165) is 11.5 Å². The topological polar surface area (TPSA) is 17.1 Å². The number of rotatable bonds is 6. The predicted molar refractivity (Wildman–Crippen MR) is 67.0 cm³/mol. The van der Waals surface area contributed by atoms with Crippen LogP contribution < -0.4 is 0 Å². The van der Waals surface area contributed by atoms with Crippen molar-refractivity contribution in [3.8, 4) is 0 Å². The van der Waals surface area contributed by atoms with Gasteiger partial charge in [-0.05, 0) is 42.4 Å². The summed E-state index contributed by atoms with van der Waals surface area (Å²) < 4.78 is 0. The van der Waals surface area contributed by atoms with E-state index in [1.165, 1.54) is 18.9 Å². The number of hydrogen-bond acceptors (Lipinski definition) is 1. The summed E-state index contributed by atoms with van der Waals surface area (Å²) in [6.45, 7) is 8.53. The van der Waals surface area contributed by atoms with Gasteiger partial charge in [0.25, 0.3) is 0 Å². The highest BCUT2D eigenvalue weighted by molar-refractivity contribution is 6.66. The molecule has 86 valence electrons. The fourth-order valence-corrected chi connectivity index (χ4v) is 1.41. The first-order valence-electron chi connectivity index (χ1n) is 5.47. The first-order valence-corrected chi connectivity index (χ1v) is 5.85. The minimum Gasteiger partial charge on any atom is -0.276 e. The summed E-state index contributed by atoms with van der Waals surface area (Å²) >= 11 is 5.24. The summed E-state index contributed by atoms with van der Waals surface area (Å²) in [4.78, 5) is 10.6. The minimum absolute atomic E-state index is 0.410. The van der Waals surface area contributed by atoms with Gasteiger partial charge >= 0.3 is 0 Å². The molecule has 0 heterocycles. The third kappa shape index (κ3) is 9.74. The highest BCUT2D eigenvalue weighted by Crippen LogP contribution is 2.13. The van der Waals surface area contributed by atoms with Crippen LogP contribution in [0.4, 0.5) is 0 Å². The number of allylic oxidation sites excluding steroid dienone is 4. The molecular formula is C13H21ClO. The molecule has 0 saturated heterocycles. The van der Waals surface area contributed by atoms with Crippen LogP contribution in [0.5, 0.6) is 0 Å². The molecule has 2 heteroatoms. The van der Waals surface area contributed by atoms with Gasteiger partial charge in [0.1, 0.15) is 0 Å². The smallest absolute Gasteiger partial charge is 0.245 e. The Hall–Kier alpha value is -0.560. The van der Waals surface area contributed by atoms with Gasteiger partial charge in [-0.1, -0.05) is 39.3 Å². The lowest BCUT2D eigenvalue weighted by Gasteiger charge is -2.08. The van der Waals surface area contributed by atoms with Gasteiger partial charge in [0.05, 0.1) is 0 Å². The Bertz CT molecular complexity index is 251. The number of halogens is 1. The van der Waals surface area contributed by atoms with Gasteiger partial charge < -0.3 is 0 Å². The predicted octanol–water partition coefficient (Wildman–Crippen LogP) is 4.33. The zero-order chi connectivity index (χ0) is 11.8. The Morgan fingerprint density at radius 2 is 1.87 bits per heavy atom. The molecule has 0 aromatic heterocycles. The molecule has 0 amide bonds. The molecule has 1 atom stereocenters. The van der Waals surface area contributed by atoms with Crippen molar-refractivity contribution >= 4 is 16.8 Å². The highest BCUT2D eigenvalue weighted by atomic mass is 35.5. The number of carbonyl (C=O) groups excluding carboxylic acids is 1. The standard InChI is InChI=1S/C13H21ClO/c1-10(2)5-6-11(3)7-8-12(4)9-13(14)15/h7-11H,5-6H2,1-4H3. The Balaban J connectivity index is 3.99. The van der Waals surface area contributed by atoms with Crippen molar-refractivity contribution in [2.45, 2.75) is 40.5 Å². The van der Waals surface area contributed by atoms with E-state index in [1.54, 1.807) is 0 Å². The molecule has 0 saturated carbocycles. The molecule has 15 heavy (non-hydrogen) atoms. The van der Waals surface area contributed by atoms with E-state index in [2.05, 4.69) is 26.8 Å². The molecule has 0 aromatic rings. The monoisotopic (exact) mass is 228 g/mol. The maximum Gasteiger partial charge on any atom is 0.245 e. The normalized spacial score (nSPS) is 14.9. The van der Waals surface area contributed by atoms with E-state index in [0.29, 0.717) is 5.92 Å². The van der Waals surface area contributed by atoms with Gasteiger partial charge in [-0.15, -0.1) is 0 Å². The average molecular weight is 229 g/mol. The van der Waals surface area contributed by atoms with Crippen molar-refractivity contribution in [2.75, 3.05) is 0 Å². The molecular weight excluding hydrogens is 208 g/mol. The summed E-state index contributed by atoms with van der Waals surface area (Å²) in [6, 6.07) is 0. The molecule has 0 aliphatic carbocycles. The molecule has 0 aliphatic rings. The van der Waals surface area contributed by atoms with Crippen LogP contribution in [-0.4, -0.2) is 5.24 Å². The lowest BCUT2D eigenvalue weighted by atomic mass is 9.98. The van der Waals surface area contributed by atoms with E-state index in [1.807, 2.05) is 13.0 Å². The summed E-state index contributed by atoms with van der Waals surface area (Å²) in [7, 11) is 0. The largest absolute Gasteiger partial charge is 0.276 e. The third-order valence-electron chi connectivity index (χ3n) is 2.23. The average Bonchev–Trinajstić information content (AvgIpc) is 2.10. The maximum atomic E-state index is 10.6. The van der Waals surface area contributed by atoms with Crippen molar-refractivity contribution in [1.82, 2.24) is 0 Å². The molecule has 0 spiro atoms. The summed E-state index contributed by atoms with van der Waals surface area (Å²) in [6.07, 6.45) is 7.96. The fourth-order valence-electron chi connectivity index (χ4n) is 1.24. The van der Waals surface area contributed by atoms with Gasteiger partial charge in [0, 0.05) is 6.08 Å². The van der Waals surface area contributed by atoms with Crippen LogP contribution in [0.25, 0.3) is 0 Å². The van der Waals surface area contributed by atoms with Crippen LogP contribution in [0.2, 0.25) is 0 Å². The van der Waals surface area contributed by atoms with Gasteiger partial charge in [0.15, 0.2) is 0 Å². The SMILES string of the molecule is CC(C=CC(C)CCC(C)C)=CC(=O)Cl. The quantitative estimate of drug-likeness (QED) is 0.376. The van der Waals surface area contributed by atoms with Crippen molar-refractivity contribution < 1.29 is 4.79 Å². The Kier molecular flexibility index (Phi) is 7.41. The van der Waals surface area contributed by atoms with E-state index in [-0.39, 0.29) is 0 Å². The van der Waals surface area contributed by atoms with E-state index < -0.39 is 5.24 Å². The van der Waals surface area contributed by atoms with Gasteiger partial charge in [-0.2, -0.15) is 0 Å². The second-order valence-corrected chi connectivity index (χ2v) is 4.87. The molecule has 0 aliphatic heterocycles. The lowest BCUT2D eigenvalue weighted by molar-refractivity contribution is -0.107. The van der Waals surface area contributed by atoms with Crippen molar-refractivity contribution in [2.24, 2.45) is 11.8 Å². The van der Waals surface area contributed by atoms with Crippen LogP contribution in [0.15, 0.2) is 23.8 Å². The molecule has 1 nitrogen and oxygen atoms in total. The van der Waals surface area contributed by atoms with Crippen molar-refractivity contribution in [1.29, 1.82) is 0 Å².